The second-order valence-electron chi connectivity index (χ2n) is 3.37. The van der Waals surface area contributed by atoms with Gasteiger partial charge in [-0.05, 0) is 24.5 Å². The van der Waals surface area contributed by atoms with Gasteiger partial charge in [-0.1, -0.05) is 23.4 Å². The molecule has 0 aliphatic carbocycles. The standard InChI is InChI=1S/C12H7ClFN3OS/c1-19-12-16-10(13)5-11(17-12)18-9-3-2-7(6-15)4-8(9)14/h2-5H,1H3. The molecule has 0 aliphatic heterocycles. The maximum absolute atomic E-state index is 13.6. The number of halogens is 2. The number of rotatable bonds is 3. The van der Waals surface area contributed by atoms with E-state index < -0.39 is 5.82 Å². The van der Waals surface area contributed by atoms with Crippen LogP contribution >= 0.6 is 23.4 Å². The van der Waals surface area contributed by atoms with Crippen molar-refractivity contribution in [2.75, 3.05) is 6.26 Å². The fraction of sp³-hybridized carbons (Fsp3) is 0.0833. The minimum Gasteiger partial charge on any atom is -0.436 e. The summed E-state index contributed by atoms with van der Waals surface area (Å²) in [5.74, 6) is -0.520. The molecule has 0 fully saturated rings. The lowest BCUT2D eigenvalue weighted by Crippen LogP contribution is -1.94. The summed E-state index contributed by atoms with van der Waals surface area (Å²) in [5, 5.41) is 9.29. The van der Waals surface area contributed by atoms with Crippen LogP contribution in [0.2, 0.25) is 5.15 Å². The van der Waals surface area contributed by atoms with Crippen molar-refractivity contribution in [1.82, 2.24) is 9.97 Å². The van der Waals surface area contributed by atoms with E-state index in [1.54, 1.807) is 6.26 Å². The average Bonchev–Trinajstić information content (AvgIpc) is 2.40. The Labute approximate surface area is 118 Å². The molecule has 0 saturated heterocycles. The van der Waals surface area contributed by atoms with Gasteiger partial charge in [0.1, 0.15) is 5.15 Å². The van der Waals surface area contributed by atoms with E-state index in [4.69, 9.17) is 21.6 Å². The van der Waals surface area contributed by atoms with E-state index in [-0.39, 0.29) is 22.3 Å². The summed E-state index contributed by atoms with van der Waals surface area (Å²) >= 11 is 7.10. The summed E-state index contributed by atoms with van der Waals surface area (Å²) in [5.41, 5.74) is 0.218. The van der Waals surface area contributed by atoms with Crippen LogP contribution in [0, 0.1) is 17.1 Å². The van der Waals surface area contributed by atoms with Crippen LogP contribution in [0.5, 0.6) is 11.6 Å². The van der Waals surface area contributed by atoms with Crippen molar-refractivity contribution >= 4 is 23.4 Å². The number of aromatic nitrogens is 2. The molecule has 0 atom stereocenters. The number of ether oxygens (including phenoxy) is 1. The van der Waals surface area contributed by atoms with Crippen molar-refractivity contribution in [2.24, 2.45) is 0 Å². The summed E-state index contributed by atoms with van der Waals surface area (Å²) in [7, 11) is 0. The third-order valence-electron chi connectivity index (χ3n) is 2.11. The van der Waals surface area contributed by atoms with Crippen LogP contribution in [0.15, 0.2) is 29.4 Å². The zero-order valence-electron chi connectivity index (χ0n) is 9.72. The van der Waals surface area contributed by atoms with Gasteiger partial charge in [0.25, 0.3) is 0 Å². The van der Waals surface area contributed by atoms with Gasteiger partial charge in [-0.25, -0.2) is 9.37 Å². The molecular weight excluding hydrogens is 289 g/mol. The van der Waals surface area contributed by atoms with Crippen molar-refractivity contribution in [3.05, 3.63) is 40.8 Å². The van der Waals surface area contributed by atoms with Crippen molar-refractivity contribution in [1.29, 1.82) is 5.26 Å². The molecule has 1 aromatic carbocycles. The van der Waals surface area contributed by atoms with E-state index in [2.05, 4.69) is 9.97 Å². The minimum absolute atomic E-state index is 0.0270. The fourth-order valence-electron chi connectivity index (χ4n) is 1.29. The molecule has 0 unspecified atom stereocenters. The lowest BCUT2D eigenvalue weighted by Gasteiger charge is -2.07. The highest BCUT2D eigenvalue weighted by Gasteiger charge is 2.09. The van der Waals surface area contributed by atoms with Crippen LogP contribution in [-0.2, 0) is 0 Å². The van der Waals surface area contributed by atoms with E-state index in [0.717, 1.165) is 6.07 Å². The molecule has 0 bridgehead atoms. The fourth-order valence-corrected chi connectivity index (χ4v) is 1.88. The number of nitriles is 1. The first kappa shape index (κ1) is 13.6. The van der Waals surface area contributed by atoms with Gasteiger partial charge < -0.3 is 4.74 Å². The second-order valence-corrected chi connectivity index (χ2v) is 4.54. The number of nitrogens with zero attached hydrogens (tertiary/aromatic N) is 3. The molecule has 0 N–H and O–H groups in total. The van der Waals surface area contributed by atoms with Crippen molar-refractivity contribution in [3.63, 3.8) is 0 Å². The predicted octanol–water partition coefficient (Wildman–Crippen LogP) is 3.65. The Hall–Kier alpha value is -1.84. The average molecular weight is 296 g/mol. The largest absolute Gasteiger partial charge is 0.436 e. The lowest BCUT2D eigenvalue weighted by molar-refractivity contribution is 0.422. The van der Waals surface area contributed by atoms with E-state index in [1.807, 2.05) is 6.07 Å². The summed E-state index contributed by atoms with van der Waals surface area (Å²) in [6, 6.07) is 7.14. The molecule has 2 rings (SSSR count). The highest BCUT2D eigenvalue weighted by Crippen LogP contribution is 2.26. The van der Waals surface area contributed by atoms with Crippen LogP contribution in [0.3, 0.4) is 0 Å². The first-order valence-electron chi connectivity index (χ1n) is 5.08. The number of benzene rings is 1. The van der Waals surface area contributed by atoms with Crippen molar-refractivity contribution in [2.45, 2.75) is 5.16 Å². The van der Waals surface area contributed by atoms with Gasteiger partial charge in [0.05, 0.1) is 11.6 Å². The molecule has 96 valence electrons. The molecule has 0 saturated carbocycles. The zero-order valence-corrected chi connectivity index (χ0v) is 11.3. The van der Waals surface area contributed by atoms with Gasteiger partial charge in [-0.2, -0.15) is 10.2 Å². The van der Waals surface area contributed by atoms with Crippen LogP contribution in [-0.4, -0.2) is 16.2 Å². The third-order valence-corrected chi connectivity index (χ3v) is 2.85. The third kappa shape index (κ3) is 3.34. The summed E-state index contributed by atoms with van der Waals surface area (Å²) in [6.07, 6.45) is 1.79. The molecule has 0 radical (unpaired) electrons. The highest BCUT2D eigenvalue weighted by molar-refractivity contribution is 7.98. The molecule has 2 aromatic rings. The Bertz CT molecular complexity index is 660. The monoisotopic (exact) mass is 295 g/mol. The molecule has 7 heteroatoms. The Morgan fingerprint density at radius 2 is 2.16 bits per heavy atom. The molecule has 4 nitrogen and oxygen atoms in total. The molecule has 1 aromatic heterocycles. The van der Waals surface area contributed by atoms with Crippen molar-refractivity contribution in [3.8, 4) is 17.7 Å². The molecule has 0 aliphatic rings. The predicted molar refractivity (Wildman–Crippen MR) is 70.0 cm³/mol. The van der Waals surface area contributed by atoms with Crippen LogP contribution in [0.4, 0.5) is 4.39 Å². The molecule has 1 heterocycles. The Morgan fingerprint density at radius 1 is 1.37 bits per heavy atom. The topological polar surface area (TPSA) is 58.8 Å². The van der Waals surface area contributed by atoms with Crippen LogP contribution < -0.4 is 4.74 Å². The van der Waals surface area contributed by atoms with Gasteiger partial charge in [0.2, 0.25) is 5.88 Å². The number of hydrogen-bond acceptors (Lipinski definition) is 5. The maximum Gasteiger partial charge on any atom is 0.224 e. The van der Waals surface area contributed by atoms with Crippen molar-refractivity contribution < 1.29 is 9.13 Å². The number of thioether (sulfide) groups is 1. The quantitative estimate of drug-likeness (QED) is 0.491. The van der Waals surface area contributed by atoms with Gasteiger partial charge >= 0.3 is 0 Å². The molecule has 0 spiro atoms. The van der Waals surface area contributed by atoms with E-state index in [1.165, 1.54) is 30.0 Å². The molecule has 19 heavy (non-hydrogen) atoms. The SMILES string of the molecule is CSc1nc(Cl)cc(Oc2ccc(C#N)cc2F)n1. The Morgan fingerprint density at radius 3 is 2.79 bits per heavy atom. The van der Waals surface area contributed by atoms with E-state index in [9.17, 15) is 4.39 Å². The minimum atomic E-state index is -0.639. The lowest BCUT2D eigenvalue weighted by atomic mass is 10.2. The summed E-state index contributed by atoms with van der Waals surface area (Å²) < 4.78 is 18.9. The molecule has 0 amide bonds. The van der Waals surface area contributed by atoms with Crippen LogP contribution in [0.25, 0.3) is 0 Å². The first-order valence-corrected chi connectivity index (χ1v) is 6.68. The van der Waals surface area contributed by atoms with Gasteiger partial charge in [0.15, 0.2) is 16.7 Å². The molecular formula is C12H7ClFN3OS. The van der Waals surface area contributed by atoms with Gasteiger partial charge in [0, 0.05) is 6.07 Å². The second kappa shape index (κ2) is 5.87. The highest BCUT2D eigenvalue weighted by atomic mass is 35.5. The summed E-state index contributed by atoms with van der Waals surface area (Å²) in [4.78, 5) is 7.99. The number of hydrogen-bond donors (Lipinski definition) is 0. The van der Waals surface area contributed by atoms with Crippen LogP contribution in [0.1, 0.15) is 5.56 Å². The Balaban J connectivity index is 2.31. The first-order chi connectivity index (χ1) is 9.12. The maximum atomic E-state index is 13.6. The van der Waals surface area contributed by atoms with E-state index in [0.29, 0.717) is 5.16 Å². The van der Waals surface area contributed by atoms with E-state index >= 15 is 0 Å². The van der Waals surface area contributed by atoms with Gasteiger partial charge in [-0.3, -0.25) is 0 Å². The smallest absolute Gasteiger partial charge is 0.224 e. The Kier molecular flexibility index (Phi) is 4.20. The zero-order chi connectivity index (χ0) is 13.8. The summed E-state index contributed by atoms with van der Waals surface area (Å²) in [6.45, 7) is 0. The normalized spacial score (nSPS) is 10.0. The van der Waals surface area contributed by atoms with Gasteiger partial charge in [-0.15, -0.1) is 0 Å².